The molecule has 8 heteroatoms. The fourth-order valence-electron chi connectivity index (χ4n) is 1.40. The van der Waals surface area contributed by atoms with Crippen LogP contribution < -0.4 is 5.73 Å². The summed E-state index contributed by atoms with van der Waals surface area (Å²) in [7, 11) is 0.945. The number of halogens is 2. The van der Waals surface area contributed by atoms with Gasteiger partial charge in [0.05, 0.1) is 7.11 Å². The van der Waals surface area contributed by atoms with Gasteiger partial charge in [0.15, 0.2) is 6.10 Å². The Hall–Kier alpha value is -2.06. The first-order valence-corrected chi connectivity index (χ1v) is 5.02. The van der Waals surface area contributed by atoms with E-state index in [-0.39, 0.29) is 0 Å². The summed E-state index contributed by atoms with van der Waals surface area (Å²) < 4.78 is 31.2. The van der Waals surface area contributed by atoms with Gasteiger partial charge >= 0.3 is 5.97 Å². The SMILES string of the molecule is COC(=O)c1c(F)cc(C(O)C(O)C(N)=O)cc1F. The Kier molecular flexibility index (Phi) is 4.52. The van der Waals surface area contributed by atoms with E-state index in [1.807, 2.05) is 0 Å². The molecule has 0 spiro atoms. The second kappa shape index (κ2) is 5.72. The van der Waals surface area contributed by atoms with Crippen molar-refractivity contribution in [3.63, 3.8) is 0 Å². The van der Waals surface area contributed by atoms with Crippen LogP contribution >= 0.6 is 0 Å². The molecule has 2 atom stereocenters. The van der Waals surface area contributed by atoms with E-state index in [9.17, 15) is 28.6 Å². The van der Waals surface area contributed by atoms with Gasteiger partial charge in [0.2, 0.25) is 5.91 Å². The predicted molar refractivity (Wildman–Crippen MR) is 57.9 cm³/mol. The van der Waals surface area contributed by atoms with Crippen molar-refractivity contribution < 1.29 is 33.3 Å². The molecule has 0 aliphatic rings. The molecule has 1 aromatic rings. The third kappa shape index (κ3) is 3.04. The number of methoxy groups -OCH3 is 1. The molecule has 0 radical (unpaired) electrons. The third-order valence-electron chi connectivity index (χ3n) is 2.39. The van der Waals surface area contributed by atoms with Gasteiger partial charge in [0.25, 0.3) is 0 Å². The van der Waals surface area contributed by atoms with Gasteiger partial charge in [-0.2, -0.15) is 0 Å². The molecule has 6 nitrogen and oxygen atoms in total. The molecular weight excluding hydrogens is 264 g/mol. The lowest BCUT2D eigenvalue weighted by Crippen LogP contribution is -2.34. The lowest BCUT2D eigenvalue weighted by atomic mass is 10.0. The minimum atomic E-state index is -2.03. The zero-order chi connectivity index (χ0) is 14.7. The minimum Gasteiger partial charge on any atom is -0.465 e. The maximum atomic E-state index is 13.5. The molecule has 0 saturated heterocycles. The molecule has 4 N–H and O–H groups in total. The Bertz CT molecular complexity index is 497. The monoisotopic (exact) mass is 275 g/mol. The van der Waals surface area contributed by atoms with Crippen LogP contribution in [0, 0.1) is 11.6 Å². The highest BCUT2D eigenvalue weighted by Gasteiger charge is 2.27. The number of amides is 1. The molecule has 0 heterocycles. The van der Waals surface area contributed by atoms with Crippen LogP contribution in [0.15, 0.2) is 12.1 Å². The molecule has 19 heavy (non-hydrogen) atoms. The van der Waals surface area contributed by atoms with Gasteiger partial charge in [0, 0.05) is 0 Å². The number of carbonyl (C=O) groups excluding carboxylic acids is 2. The minimum absolute atomic E-state index is 0.436. The van der Waals surface area contributed by atoms with Gasteiger partial charge in [-0.05, 0) is 17.7 Å². The molecule has 0 fully saturated rings. The average molecular weight is 275 g/mol. The molecule has 0 aliphatic carbocycles. The normalized spacial score (nSPS) is 13.7. The van der Waals surface area contributed by atoms with Crippen LogP contribution in [-0.2, 0) is 9.53 Å². The smallest absolute Gasteiger partial charge is 0.343 e. The number of carbonyl (C=O) groups is 2. The number of aliphatic hydroxyl groups excluding tert-OH is 2. The highest BCUT2D eigenvalue weighted by molar-refractivity contribution is 5.90. The molecule has 2 unspecified atom stereocenters. The Morgan fingerprint density at radius 1 is 1.26 bits per heavy atom. The lowest BCUT2D eigenvalue weighted by molar-refractivity contribution is -0.132. The summed E-state index contributed by atoms with van der Waals surface area (Å²) in [5, 5.41) is 18.7. The number of nitrogens with two attached hydrogens (primary N) is 1. The quantitative estimate of drug-likeness (QED) is 0.649. The average Bonchev–Trinajstić information content (AvgIpc) is 2.35. The molecule has 104 valence electrons. The van der Waals surface area contributed by atoms with Crippen molar-refractivity contribution in [1.82, 2.24) is 0 Å². The number of rotatable bonds is 4. The number of primary amides is 1. The van der Waals surface area contributed by atoms with E-state index in [1.54, 1.807) is 0 Å². The van der Waals surface area contributed by atoms with Crippen molar-refractivity contribution in [3.05, 3.63) is 34.9 Å². The van der Waals surface area contributed by atoms with Crippen LogP contribution in [0.25, 0.3) is 0 Å². The molecule has 1 rings (SSSR count). The van der Waals surface area contributed by atoms with Gasteiger partial charge in [-0.3, -0.25) is 4.79 Å². The number of aliphatic hydroxyl groups is 2. The predicted octanol–water partition coefficient (Wildman–Crippen LogP) is -0.369. The first-order valence-electron chi connectivity index (χ1n) is 5.02. The standard InChI is InChI=1S/C11H11F2NO5/c1-19-11(18)7-5(12)2-4(3-6(7)13)8(15)9(16)10(14)17/h2-3,8-9,15-16H,1H3,(H2,14,17). The largest absolute Gasteiger partial charge is 0.465 e. The van der Waals surface area contributed by atoms with Crippen molar-refractivity contribution in [3.8, 4) is 0 Å². The number of benzene rings is 1. The van der Waals surface area contributed by atoms with Crippen molar-refractivity contribution >= 4 is 11.9 Å². The number of esters is 1. The van der Waals surface area contributed by atoms with Gasteiger partial charge in [-0.1, -0.05) is 0 Å². The van der Waals surface area contributed by atoms with Crippen LogP contribution in [0.2, 0.25) is 0 Å². The fourth-order valence-corrected chi connectivity index (χ4v) is 1.40. The summed E-state index contributed by atoms with van der Waals surface area (Å²) in [6, 6.07) is 1.21. The van der Waals surface area contributed by atoms with Gasteiger partial charge < -0.3 is 20.7 Å². The Balaban J connectivity index is 3.21. The fraction of sp³-hybridized carbons (Fsp3) is 0.273. The molecule has 0 aromatic heterocycles. The molecule has 0 saturated carbocycles. The molecular formula is C11H11F2NO5. The van der Waals surface area contributed by atoms with E-state index in [1.165, 1.54) is 0 Å². The number of hydrogen-bond acceptors (Lipinski definition) is 5. The first kappa shape index (κ1) is 15.0. The zero-order valence-electron chi connectivity index (χ0n) is 9.76. The maximum absolute atomic E-state index is 13.5. The van der Waals surface area contributed by atoms with Gasteiger partial charge in [-0.15, -0.1) is 0 Å². The topological polar surface area (TPSA) is 110 Å². The Labute approximate surface area is 106 Å². The van der Waals surface area contributed by atoms with Crippen LogP contribution in [0.3, 0.4) is 0 Å². The summed E-state index contributed by atoms with van der Waals surface area (Å²) >= 11 is 0. The summed E-state index contributed by atoms with van der Waals surface area (Å²) in [6.07, 6.45) is -3.93. The number of ether oxygens (including phenoxy) is 1. The summed E-state index contributed by atoms with van der Waals surface area (Å²) in [4.78, 5) is 21.7. The van der Waals surface area contributed by atoms with E-state index in [2.05, 4.69) is 4.74 Å². The molecule has 0 bridgehead atoms. The van der Waals surface area contributed by atoms with E-state index >= 15 is 0 Å². The zero-order valence-corrected chi connectivity index (χ0v) is 9.76. The van der Waals surface area contributed by atoms with Crippen LogP contribution in [-0.4, -0.2) is 35.3 Å². The van der Waals surface area contributed by atoms with Crippen LogP contribution in [0.1, 0.15) is 22.0 Å². The third-order valence-corrected chi connectivity index (χ3v) is 2.39. The van der Waals surface area contributed by atoms with Crippen molar-refractivity contribution in [2.24, 2.45) is 5.73 Å². The van der Waals surface area contributed by atoms with Crippen LogP contribution in [0.4, 0.5) is 8.78 Å². The second-order valence-electron chi connectivity index (χ2n) is 3.64. The Morgan fingerprint density at radius 2 is 1.74 bits per heavy atom. The van der Waals surface area contributed by atoms with Crippen molar-refractivity contribution in [1.29, 1.82) is 0 Å². The van der Waals surface area contributed by atoms with Gasteiger partial charge in [0.1, 0.15) is 23.3 Å². The van der Waals surface area contributed by atoms with E-state index in [0.29, 0.717) is 12.1 Å². The van der Waals surface area contributed by atoms with E-state index in [0.717, 1.165) is 7.11 Å². The maximum Gasteiger partial charge on any atom is 0.343 e. The van der Waals surface area contributed by atoms with E-state index < -0.39 is 46.8 Å². The molecule has 1 amide bonds. The van der Waals surface area contributed by atoms with Crippen LogP contribution in [0.5, 0.6) is 0 Å². The molecule has 0 aliphatic heterocycles. The summed E-state index contributed by atoms with van der Waals surface area (Å²) in [5.74, 6) is -5.08. The van der Waals surface area contributed by atoms with Crippen molar-refractivity contribution in [2.75, 3.05) is 7.11 Å². The highest BCUT2D eigenvalue weighted by atomic mass is 19.1. The molecule has 1 aromatic carbocycles. The number of hydrogen-bond donors (Lipinski definition) is 3. The second-order valence-corrected chi connectivity index (χ2v) is 3.64. The van der Waals surface area contributed by atoms with Crippen molar-refractivity contribution in [2.45, 2.75) is 12.2 Å². The van der Waals surface area contributed by atoms with E-state index in [4.69, 9.17) is 5.73 Å². The lowest BCUT2D eigenvalue weighted by Gasteiger charge is -2.16. The first-order chi connectivity index (χ1) is 8.79. The summed E-state index contributed by atoms with van der Waals surface area (Å²) in [5.41, 5.74) is 3.37. The Morgan fingerprint density at radius 3 is 2.11 bits per heavy atom. The van der Waals surface area contributed by atoms with Gasteiger partial charge in [-0.25, -0.2) is 13.6 Å². The highest BCUT2D eigenvalue weighted by Crippen LogP contribution is 2.23. The summed E-state index contributed by atoms with van der Waals surface area (Å²) in [6.45, 7) is 0.